The molecule has 3 rings (SSSR count). The summed E-state index contributed by atoms with van der Waals surface area (Å²) in [5, 5.41) is 13.1. The largest absolute Gasteiger partial charge is 0.480 e. The number of aromatic nitrogens is 4. The van der Waals surface area contributed by atoms with Crippen molar-refractivity contribution in [2.24, 2.45) is 7.05 Å². The van der Waals surface area contributed by atoms with Crippen LogP contribution in [0.25, 0.3) is 10.9 Å². The molecule has 3 aromatic rings. The molecule has 0 unspecified atom stereocenters. The third-order valence-corrected chi connectivity index (χ3v) is 3.30. The SMILES string of the molecule is COc1ccc(C(=O)Cc2nn(C)c3ccccc23)nn1. The smallest absolute Gasteiger partial charge is 0.233 e. The van der Waals surface area contributed by atoms with E-state index in [1.165, 1.54) is 7.11 Å². The lowest BCUT2D eigenvalue weighted by Crippen LogP contribution is -2.08. The molecule has 0 bridgehead atoms. The number of Topliss-reactive ketones (excluding diaryl/α,β-unsaturated/α-hetero) is 1. The molecule has 0 radical (unpaired) electrons. The normalized spacial score (nSPS) is 10.8. The van der Waals surface area contributed by atoms with Gasteiger partial charge in [-0.05, 0) is 12.1 Å². The topological polar surface area (TPSA) is 69.9 Å². The Balaban J connectivity index is 1.89. The van der Waals surface area contributed by atoms with E-state index >= 15 is 0 Å². The van der Waals surface area contributed by atoms with Crippen LogP contribution in [0.5, 0.6) is 5.88 Å². The number of para-hydroxylation sites is 1. The number of carbonyl (C=O) groups is 1. The van der Waals surface area contributed by atoms with Crippen LogP contribution in [-0.2, 0) is 13.5 Å². The maximum absolute atomic E-state index is 12.3. The highest BCUT2D eigenvalue weighted by atomic mass is 16.5. The van der Waals surface area contributed by atoms with Crippen molar-refractivity contribution in [3.8, 4) is 5.88 Å². The molecule has 0 saturated heterocycles. The Morgan fingerprint density at radius 3 is 2.71 bits per heavy atom. The number of ketones is 1. The second kappa shape index (κ2) is 5.32. The van der Waals surface area contributed by atoms with Gasteiger partial charge in [-0.1, -0.05) is 18.2 Å². The Hall–Kier alpha value is -2.76. The summed E-state index contributed by atoms with van der Waals surface area (Å²) in [6.45, 7) is 0. The molecule has 0 aliphatic carbocycles. The second-order valence-corrected chi connectivity index (χ2v) is 4.65. The quantitative estimate of drug-likeness (QED) is 0.682. The number of methoxy groups -OCH3 is 1. The van der Waals surface area contributed by atoms with Gasteiger partial charge < -0.3 is 4.74 Å². The first-order valence-electron chi connectivity index (χ1n) is 6.50. The average molecular weight is 282 g/mol. The molecule has 106 valence electrons. The third kappa shape index (κ3) is 2.47. The molecular formula is C15H14N4O2. The second-order valence-electron chi connectivity index (χ2n) is 4.65. The lowest BCUT2D eigenvalue weighted by atomic mass is 10.1. The van der Waals surface area contributed by atoms with E-state index in [-0.39, 0.29) is 12.2 Å². The van der Waals surface area contributed by atoms with Gasteiger partial charge in [0.15, 0.2) is 5.78 Å². The highest BCUT2D eigenvalue weighted by Gasteiger charge is 2.15. The van der Waals surface area contributed by atoms with Gasteiger partial charge in [-0.3, -0.25) is 9.48 Å². The van der Waals surface area contributed by atoms with Crippen LogP contribution in [-0.4, -0.2) is 32.9 Å². The molecule has 0 N–H and O–H groups in total. The number of ether oxygens (including phenoxy) is 1. The van der Waals surface area contributed by atoms with Crippen LogP contribution in [0, 0.1) is 0 Å². The number of hydrogen-bond acceptors (Lipinski definition) is 5. The third-order valence-electron chi connectivity index (χ3n) is 3.30. The first-order chi connectivity index (χ1) is 10.2. The summed E-state index contributed by atoms with van der Waals surface area (Å²) in [4.78, 5) is 12.3. The Kier molecular flexibility index (Phi) is 3.35. The van der Waals surface area contributed by atoms with Gasteiger partial charge in [0.2, 0.25) is 5.88 Å². The number of benzene rings is 1. The minimum Gasteiger partial charge on any atom is -0.480 e. The monoisotopic (exact) mass is 282 g/mol. The number of fused-ring (bicyclic) bond motifs is 1. The minimum atomic E-state index is -0.117. The molecule has 0 saturated carbocycles. The van der Waals surface area contributed by atoms with Crippen molar-refractivity contribution in [1.82, 2.24) is 20.0 Å². The number of hydrogen-bond donors (Lipinski definition) is 0. The van der Waals surface area contributed by atoms with Crippen molar-refractivity contribution in [2.45, 2.75) is 6.42 Å². The van der Waals surface area contributed by atoms with Gasteiger partial charge in [0, 0.05) is 18.5 Å². The molecule has 1 aromatic carbocycles. The van der Waals surface area contributed by atoms with Gasteiger partial charge in [0.05, 0.1) is 24.7 Å². The Labute approximate surface area is 121 Å². The molecule has 2 heterocycles. The zero-order chi connectivity index (χ0) is 14.8. The highest BCUT2D eigenvalue weighted by Crippen LogP contribution is 2.19. The van der Waals surface area contributed by atoms with E-state index in [1.807, 2.05) is 31.3 Å². The van der Waals surface area contributed by atoms with E-state index in [2.05, 4.69) is 15.3 Å². The van der Waals surface area contributed by atoms with Crippen LogP contribution < -0.4 is 4.74 Å². The van der Waals surface area contributed by atoms with E-state index in [0.717, 1.165) is 16.6 Å². The summed E-state index contributed by atoms with van der Waals surface area (Å²) in [6, 6.07) is 11.1. The zero-order valence-corrected chi connectivity index (χ0v) is 11.8. The summed E-state index contributed by atoms with van der Waals surface area (Å²) in [6.07, 6.45) is 0.197. The van der Waals surface area contributed by atoms with E-state index in [0.29, 0.717) is 11.6 Å². The fraction of sp³-hybridized carbons (Fsp3) is 0.200. The van der Waals surface area contributed by atoms with Crippen molar-refractivity contribution in [3.05, 3.63) is 47.8 Å². The summed E-state index contributed by atoms with van der Waals surface area (Å²) >= 11 is 0. The van der Waals surface area contributed by atoms with Crippen LogP contribution >= 0.6 is 0 Å². The van der Waals surface area contributed by atoms with E-state index < -0.39 is 0 Å². The van der Waals surface area contributed by atoms with Crippen LogP contribution in [0.4, 0.5) is 0 Å². The Morgan fingerprint density at radius 1 is 1.19 bits per heavy atom. The molecule has 2 aromatic heterocycles. The predicted molar refractivity (Wildman–Crippen MR) is 77.3 cm³/mol. The Morgan fingerprint density at radius 2 is 2.00 bits per heavy atom. The summed E-state index contributed by atoms with van der Waals surface area (Å²) in [5.41, 5.74) is 2.06. The predicted octanol–water partition coefficient (Wildman–Crippen LogP) is 1.80. The fourth-order valence-corrected chi connectivity index (χ4v) is 2.24. The summed E-state index contributed by atoms with van der Waals surface area (Å²) in [5.74, 6) is 0.267. The van der Waals surface area contributed by atoms with Crippen LogP contribution in [0.15, 0.2) is 36.4 Å². The lowest BCUT2D eigenvalue weighted by Gasteiger charge is -2.00. The maximum atomic E-state index is 12.3. The van der Waals surface area contributed by atoms with Crippen LogP contribution in [0.1, 0.15) is 16.2 Å². The van der Waals surface area contributed by atoms with Crippen molar-refractivity contribution in [2.75, 3.05) is 7.11 Å². The highest BCUT2D eigenvalue weighted by molar-refractivity contribution is 5.97. The maximum Gasteiger partial charge on any atom is 0.233 e. The average Bonchev–Trinajstić information content (AvgIpc) is 2.84. The first-order valence-corrected chi connectivity index (χ1v) is 6.50. The van der Waals surface area contributed by atoms with E-state index in [9.17, 15) is 4.79 Å². The zero-order valence-electron chi connectivity index (χ0n) is 11.8. The molecule has 6 nitrogen and oxygen atoms in total. The van der Waals surface area contributed by atoms with Crippen molar-refractivity contribution < 1.29 is 9.53 Å². The van der Waals surface area contributed by atoms with Gasteiger partial charge in [-0.2, -0.15) is 5.10 Å². The van der Waals surface area contributed by atoms with E-state index in [4.69, 9.17) is 4.74 Å². The fourth-order valence-electron chi connectivity index (χ4n) is 2.24. The van der Waals surface area contributed by atoms with Gasteiger partial charge in [-0.25, -0.2) is 0 Å². The van der Waals surface area contributed by atoms with Crippen LogP contribution in [0.3, 0.4) is 0 Å². The van der Waals surface area contributed by atoms with Gasteiger partial charge in [0.1, 0.15) is 5.69 Å². The Bertz CT molecular complexity index is 793. The molecule has 0 fully saturated rings. The van der Waals surface area contributed by atoms with Gasteiger partial charge in [-0.15, -0.1) is 10.2 Å². The minimum absolute atomic E-state index is 0.117. The van der Waals surface area contributed by atoms with Crippen LogP contribution in [0.2, 0.25) is 0 Å². The van der Waals surface area contributed by atoms with Crippen molar-refractivity contribution in [1.29, 1.82) is 0 Å². The molecule has 0 spiro atoms. The van der Waals surface area contributed by atoms with Crippen molar-refractivity contribution >= 4 is 16.7 Å². The summed E-state index contributed by atoms with van der Waals surface area (Å²) in [7, 11) is 3.37. The molecule has 0 aliphatic heterocycles. The van der Waals surface area contributed by atoms with Crippen molar-refractivity contribution in [3.63, 3.8) is 0 Å². The molecule has 21 heavy (non-hydrogen) atoms. The molecule has 6 heteroatoms. The first kappa shape index (κ1) is 13.2. The molecular weight excluding hydrogens is 268 g/mol. The number of carbonyl (C=O) groups excluding carboxylic acids is 1. The molecule has 0 atom stereocenters. The number of aryl methyl sites for hydroxylation is 1. The lowest BCUT2D eigenvalue weighted by molar-refractivity contribution is 0.0986. The van der Waals surface area contributed by atoms with E-state index in [1.54, 1.807) is 16.8 Å². The molecule has 0 aliphatic rings. The van der Waals surface area contributed by atoms with Gasteiger partial charge in [0.25, 0.3) is 0 Å². The van der Waals surface area contributed by atoms with Gasteiger partial charge >= 0.3 is 0 Å². The number of rotatable bonds is 4. The number of nitrogens with zero attached hydrogens (tertiary/aromatic N) is 4. The summed E-state index contributed by atoms with van der Waals surface area (Å²) < 4.78 is 6.70. The standard InChI is InChI=1S/C15H14N4O2/c1-19-13-6-4-3-5-10(13)12(18-19)9-14(20)11-7-8-15(21-2)17-16-11/h3-8H,9H2,1-2H3. The molecule has 0 amide bonds.